The van der Waals surface area contributed by atoms with Gasteiger partial charge < -0.3 is 9.47 Å². The summed E-state index contributed by atoms with van der Waals surface area (Å²) in [6.45, 7) is 0.448. The van der Waals surface area contributed by atoms with Crippen LogP contribution in [0.1, 0.15) is 5.56 Å². The summed E-state index contributed by atoms with van der Waals surface area (Å²) >= 11 is 0. The van der Waals surface area contributed by atoms with Crippen molar-refractivity contribution in [2.24, 2.45) is 0 Å². The highest BCUT2D eigenvalue weighted by molar-refractivity contribution is 5.56. The summed E-state index contributed by atoms with van der Waals surface area (Å²) in [4.78, 5) is 8.43. The molecule has 0 aliphatic heterocycles. The molecule has 0 radical (unpaired) electrons. The van der Waals surface area contributed by atoms with Gasteiger partial charge in [-0.1, -0.05) is 48.5 Å². The molecule has 0 N–H and O–H groups in total. The third kappa shape index (κ3) is 4.43. The minimum atomic E-state index is 0.278. The second-order valence-electron chi connectivity index (χ2n) is 5.70. The van der Waals surface area contributed by atoms with Crippen molar-refractivity contribution in [1.82, 2.24) is 20.2 Å². The normalized spacial score (nSPS) is 10.4. The summed E-state index contributed by atoms with van der Waals surface area (Å²) in [5, 5.41) is 8.28. The summed E-state index contributed by atoms with van der Waals surface area (Å²) in [6.07, 6.45) is 3.31. The number of benzene rings is 2. The highest BCUT2D eigenvalue weighted by Crippen LogP contribution is 2.20. The lowest BCUT2D eigenvalue weighted by Crippen LogP contribution is -1.99. The lowest BCUT2D eigenvalue weighted by molar-refractivity contribution is 0.290. The zero-order valence-electron chi connectivity index (χ0n) is 14.4. The third-order valence-electron chi connectivity index (χ3n) is 3.75. The largest absolute Gasteiger partial charge is 0.472 e. The average molecular weight is 356 g/mol. The first-order chi connectivity index (χ1) is 13.4. The standard InChI is InChI=1S/C21H16N4O2/c1-3-7-16(8-4-1)15-26-20-12-11-19(24-25-20)17-13-22-21(23-14-17)27-18-9-5-2-6-10-18/h1-14H,15H2. The number of rotatable bonds is 6. The Morgan fingerprint density at radius 1 is 0.704 bits per heavy atom. The Hall–Kier alpha value is -3.80. The van der Waals surface area contributed by atoms with Crippen LogP contribution >= 0.6 is 0 Å². The predicted octanol–water partition coefficient (Wildman–Crippen LogP) is 4.30. The summed E-state index contributed by atoms with van der Waals surface area (Å²) in [5.41, 5.74) is 2.48. The SMILES string of the molecule is c1ccc(COc2ccc(-c3cnc(Oc4ccccc4)nc3)nn2)cc1. The van der Waals surface area contributed by atoms with Gasteiger partial charge in [0, 0.05) is 24.0 Å². The molecule has 0 aliphatic carbocycles. The van der Waals surface area contributed by atoms with E-state index in [2.05, 4.69) is 20.2 Å². The Morgan fingerprint density at radius 3 is 2.07 bits per heavy atom. The number of aromatic nitrogens is 4. The van der Waals surface area contributed by atoms with Crippen LogP contribution in [0.2, 0.25) is 0 Å². The average Bonchev–Trinajstić information content (AvgIpc) is 2.75. The van der Waals surface area contributed by atoms with Gasteiger partial charge in [-0.2, -0.15) is 0 Å². The van der Waals surface area contributed by atoms with E-state index in [1.54, 1.807) is 18.5 Å². The highest BCUT2D eigenvalue weighted by Gasteiger charge is 2.05. The maximum absolute atomic E-state index is 5.64. The molecule has 0 saturated heterocycles. The van der Waals surface area contributed by atoms with Crippen molar-refractivity contribution in [2.45, 2.75) is 6.61 Å². The second kappa shape index (κ2) is 8.05. The van der Waals surface area contributed by atoms with E-state index < -0.39 is 0 Å². The Balaban J connectivity index is 1.39. The van der Waals surface area contributed by atoms with Crippen LogP contribution in [-0.4, -0.2) is 20.2 Å². The zero-order chi connectivity index (χ0) is 18.3. The summed E-state index contributed by atoms with van der Waals surface area (Å²) in [6, 6.07) is 23.2. The van der Waals surface area contributed by atoms with Gasteiger partial charge in [0.1, 0.15) is 12.4 Å². The molecule has 27 heavy (non-hydrogen) atoms. The molecule has 2 aromatic carbocycles. The molecule has 4 aromatic rings. The van der Waals surface area contributed by atoms with Crippen LogP contribution in [0.4, 0.5) is 0 Å². The van der Waals surface area contributed by atoms with Gasteiger partial charge >= 0.3 is 6.01 Å². The highest BCUT2D eigenvalue weighted by atomic mass is 16.5. The number of nitrogens with zero attached hydrogens (tertiary/aromatic N) is 4. The van der Waals surface area contributed by atoms with Crippen molar-refractivity contribution in [3.05, 3.63) is 90.8 Å². The van der Waals surface area contributed by atoms with E-state index in [4.69, 9.17) is 9.47 Å². The Morgan fingerprint density at radius 2 is 1.41 bits per heavy atom. The first-order valence-electron chi connectivity index (χ1n) is 8.42. The third-order valence-corrected chi connectivity index (χ3v) is 3.75. The van der Waals surface area contributed by atoms with Crippen LogP contribution < -0.4 is 9.47 Å². The van der Waals surface area contributed by atoms with E-state index in [1.165, 1.54) is 0 Å². The summed E-state index contributed by atoms with van der Waals surface area (Å²) in [7, 11) is 0. The summed E-state index contributed by atoms with van der Waals surface area (Å²) < 4.78 is 11.2. The van der Waals surface area contributed by atoms with E-state index in [1.807, 2.05) is 66.7 Å². The van der Waals surface area contributed by atoms with Crippen LogP contribution in [0.5, 0.6) is 17.6 Å². The van der Waals surface area contributed by atoms with Crippen molar-refractivity contribution >= 4 is 0 Å². The number of ether oxygens (including phenoxy) is 2. The molecule has 0 aliphatic rings. The fraction of sp³-hybridized carbons (Fsp3) is 0.0476. The Bertz CT molecular complexity index is 976. The first-order valence-corrected chi connectivity index (χ1v) is 8.42. The molecule has 132 valence electrons. The molecule has 0 amide bonds. The number of hydrogen-bond acceptors (Lipinski definition) is 6. The molecule has 0 spiro atoms. The van der Waals surface area contributed by atoms with Crippen LogP contribution in [0.3, 0.4) is 0 Å². The van der Waals surface area contributed by atoms with Gasteiger partial charge in [-0.15, -0.1) is 10.2 Å². The van der Waals surface area contributed by atoms with Crippen molar-refractivity contribution in [1.29, 1.82) is 0 Å². The van der Waals surface area contributed by atoms with Gasteiger partial charge in [0.25, 0.3) is 0 Å². The minimum absolute atomic E-state index is 0.278. The number of para-hydroxylation sites is 1. The molecule has 2 aromatic heterocycles. The molecule has 0 saturated carbocycles. The Labute approximate surface area is 156 Å². The molecule has 6 nitrogen and oxygen atoms in total. The molecule has 0 bridgehead atoms. The van der Waals surface area contributed by atoms with Crippen LogP contribution in [0.15, 0.2) is 85.2 Å². The Kier molecular flexibility index (Phi) is 4.97. The van der Waals surface area contributed by atoms with Gasteiger partial charge in [0.05, 0.1) is 5.69 Å². The maximum Gasteiger partial charge on any atom is 0.321 e. The first kappa shape index (κ1) is 16.7. The molecule has 4 rings (SSSR count). The molecular weight excluding hydrogens is 340 g/mol. The molecule has 0 fully saturated rings. The van der Waals surface area contributed by atoms with Gasteiger partial charge in [0.2, 0.25) is 5.88 Å². The maximum atomic E-state index is 5.64. The fourth-order valence-corrected chi connectivity index (χ4v) is 2.38. The smallest absolute Gasteiger partial charge is 0.321 e. The molecule has 0 unspecified atom stereocenters. The van der Waals surface area contributed by atoms with Gasteiger partial charge in [0.15, 0.2) is 0 Å². The van der Waals surface area contributed by atoms with E-state index in [0.717, 1.165) is 11.1 Å². The van der Waals surface area contributed by atoms with Crippen molar-refractivity contribution < 1.29 is 9.47 Å². The van der Waals surface area contributed by atoms with E-state index >= 15 is 0 Å². The molecule has 6 heteroatoms. The lowest BCUT2D eigenvalue weighted by atomic mass is 10.2. The van der Waals surface area contributed by atoms with Crippen LogP contribution in [0, 0.1) is 0 Å². The minimum Gasteiger partial charge on any atom is -0.472 e. The summed E-state index contributed by atoms with van der Waals surface area (Å²) in [5.74, 6) is 1.15. The number of hydrogen-bond donors (Lipinski definition) is 0. The lowest BCUT2D eigenvalue weighted by Gasteiger charge is -2.06. The van der Waals surface area contributed by atoms with Gasteiger partial charge in [-0.25, -0.2) is 9.97 Å². The zero-order valence-corrected chi connectivity index (χ0v) is 14.4. The van der Waals surface area contributed by atoms with Crippen molar-refractivity contribution in [3.8, 4) is 28.9 Å². The van der Waals surface area contributed by atoms with Crippen LogP contribution in [0.25, 0.3) is 11.3 Å². The quantitative estimate of drug-likeness (QED) is 0.513. The molecule has 2 heterocycles. The van der Waals surface area contributed by atoms with E-state index in [-0.39, 0.29) is 6.01 Å². The van der Waals surface area contributed by atoms with Crippen LogP contribution in [-0.2, 0) is 6.61 Å². The predicted molar refractivity (Wildman–Crippen MR) is 100 cm³/mol. The van der Waals surface area contributed by atoms with Crippen molar-refractivity contribution in [2.75, 3.05) is 0 Å². The van der Waals surface area contributed by atoms with E-state index in [0.29, 0.717) is 23.9 Å². The molecular formula is C21H16N4O2. The van der Waals surface area contributed by atoms with Gasteiger partial charge in [-0.05, 0) is 23.8 Å². The fourth-order valence-electron chi connectivity index (χ4n) is 2.38. The second-order valence-corrected chi connectivity index (χ2v) is 5.70. The van der Waals surface area contributed by atoms with Gasteiger partial charge in [-0.3, -0.25) is 0 Å². The monoisotopic (exact) mass is 356 g/mol. The topological polar surface area (TPSA) is 70.0 Å². The van der Waals surface area contributed by atoms with E-state index in [9.17, 15) is 0 Å². The molecule has 0 atom stereocenters. The van der Waals surface area contributed by atoms with Crippen molar-refractivity contribution in [3.63, 3.8) is 0 Å².